The number of carbonyl (C=O) groups is 2. The number of rotatable bonds is 16. The predicted octanol–water partition coefficient (Wildman–Crippen LogP) is 5.95. The monoisotopic (exact) mass is 351 g/mol. The summed E-state index contributed by atoms with van der Waals surface area (Å²) in [5.41, 5.74) is 0. The van der Waals surface area contributed by atoms with E-state index in [2.05, 4.69) is 12.2 Å². The van der Waals surface area contributed by atoms with Gasteiger partial charge in [-0.15, -0.1) is 0 Å². The SMILES string of the molecule is CCCCCCCCCCCCCCCC(=O)N[C@H]1C[C@H](C(C)=O)C1. The largest absolute Gasteiger partial charge is 0.353 e. The average molecular weight is 352 g/mol. The van der Waals surface area contributed by atoms with Gasteiger partial charge in [0.15, 0.2) is 0 Å². The Morgan fingerprint density at radius 1 is 0.760 bits per heavy atom. The Kier molecular flexibility index (Phi) is 12.7. The highest BCUT2D eigenvalue weighted by atomic mass is 16.1. The van der Waals surface area contributed by atoms with Crippen molar-refractivity contribution in [1.29, 1.82) is 0 Å². The maximum Gasteiger partial charge on any atom is 0.220 e. The summed E-state index contributed by atoms with van der Waals surface area (Å²) in [5, 5.41) is 3.05. The second-order valence-corrected chi connectivity index (χ2v) is 8.04. The third kappa shape index (κ3) is 11.4. The van der Waals surface area contributed by atoms with Gasteiger partial charge in [-0.2, -0.15) is 0 Å². The first-order chi connectivity index (χ1) is 12.1. The molecule has 3 heteroatoms. The van der Waals surface area contributed by atoms with Crippen LogP contribution in [-0.4, -0.2) is 17.7 Å². The van der Waals surface area contributed by atoms with E-state index < -0.39 is 0 Å². The highest BCUT2D eigenvalue weighted by Gasteiger charge is 2.32. The van der Waals surface area contributed by atoms with Gasteiger partial charge >= 0.3 is 0 Å². The van der Waals surface area contributed by atoms with Gasteiger partial charge in [0.1, 0.15) is 5.78 Å². The normalized spacial score (nSPS) is 19.4. The number of nitrogens with one attached hydrogen (secondary N) is 1. The van der Waals surface area contributed by atoms with Crippen LogP contribution in [0.4, 0.5) is 0 Å². The summed E-state index contributed by atoms with van der Waals surface area (Å²) in [7, 11) is 0. The molecule has 1 N–H and O–H groups in total. The number of amides is 1. The first-order valence-corrected chi connectivity index (χ1v) is 10.9. The van der Waals surface area contributed by atoms with Crippen LogP contribution in [0.5, 0.6) is 0 Å². The van der Waals surface area contributed by atoms with E-state index in [9.17, 15) is 9.59 Å². The molecule has 146 valence electrons. The van der Waals surface area contributed by atoms with Crippen LogP contribution >= 0.6 is 0 Å². The zero-order chi connectivity index (χ0) is 18.3. The summed E-state index contributed by atoms with van der Waals surface area (Å²) in [6, 6.07) is 0.253. The van der Waals surface area contributed by atoms with Gasteiger partial charge < -0.3 is 5.32 Å². The van der Waals surface area contributed by atoms with Gasteiger partial charge in [-0.1, -0.05) is 84.0 Å². The molecule has 0 atom stereocenters. The molecule has 0 radical (unpaired) electrons. The van der Waals surface area contributed by atoms with Crippen molar-refractivity contribution in [2.24, 2.45) is 5.92 Å². The zero-order valence-electron chi connectivity index (χ0n) is 16.8. The third-order valence-corrected chi connectivity index (χ3v) is 5.59. The maximum absolute atomic E-state index is 11.8. The molecule has 0 saturated heterocycles. The van der Waals surface area contributed by atoms with E-state index >= 15 is 0 Å². The molecule has 0 spiro atoms. The van der Waals surface area contributed by atoms with Crippen molar-refractivity contribution in [2.75, 3.05) is 0 Å². The van der Waals surface area contributed by atoms with E-state index in [0.717, 1.165) is 19.3 Å². The summed E-state index contributed by atoms with van der Waals surface area (Å²) < 4.78 is 0. The lowest BCUT2D eigenvalue weighted by atomic mass is 9.78. The smallest absolute Gasteiger partial charge is 0.220 e. The second-order valence-electron chi connectivity index (χ2n) is 8.04. The summed E-state index contributed by atoms with van der Waals surface area (Å²) in [6.07, 6.45) is 19.7. The Balaban J connectivity index is 1.77. The zero-order valence-corrected chi connectivity index (χ0v) is 16.8. The number of hydrogen-bond donors (Lipinski definition) is 1. The van der Waals surface area contributed by atoms with E-state index in [1.807, 2.05) is 0 Å². The lowest BCUT2D eigenvalue weighted by Crippen LogP contribution is -2.46. The quantitative estimate of drug-likeness (QED) is 0.349. The molecule has 1 amide bonds. The molecule has 1 saturated carbocycles. The molecule has 0 aromatic heterocycles. The molecular formula is C22H41NO2. The number of Topliss-reactive ketones (excluding diaryl/α,β-unsaturated/α-hetero) is 1. The molecule has 25 heavy (non-hydrogen) atoms. The molecule has 0 heterocycles. The first kappa shape index (κ1) is 22.2. The maximum atomic E-state index is 11.8. The molecule has 0 unspecified atom stereocenters. The standard InChI is InChI=1S/C22H41NO2/c1-3-4-5-6-7-8-9-10-11-12-13-14-15-16-22(25)23-21-17-20(18-21)19(2)24/h20-21H,3-18H2,1-2H3,(H,23,25)/t20-,21-. The minimum absolute atomic E-state index is 0.176. The molecule has 0 aromatic carbocycles. The van der Waals surface area contributed by atoms with Crippen LogP contribution in [0, 0.1) is 5.92 Å². The van der Waals surface area contributed by atoms with Crippen molar-refractivity contribution < 1.29 is 9.59 Å². The molecule has 1 fully saturated rings. The van der Waals surface area contributed by atoms with Crippen LogP contribution in [0.15, 0.2) is 0 Å². The number of hydrogen-bond acceptors (Lipinski definition) is 2. The van der Waals surface area contributed by atoms with Gasteiger partial charge in [0, 0.05) is 18.4 Å². The van der Waals surface area contributed by atoms with Crippen LogP contribution in [0.25, 0.3) is 0 Å². The molecule has 0 aliphatic heterocycles. The lowest BCUT2D eigenvalue weighted by Gasteiger charge is -2.34. The Morgan fingerprint density at radius 3 is 1.64 bits per heavy atom. The molecule has 0 bridgehead atoms. The van der Waals surface area contributed by atoms with Crippen molar-refractivity contribution in [3.05, 3.63) is 0 Å². The fourth-order valence-corrected chi connectivity index (χ4v) is 3.67. The fraction of sp³-hybridized carbons (Fsp3) is 0.909. The molecule has 1 aliphatic rings. The summed E-state index contributed by atoms with van der Waals surface area (Å²) in [5.74, 6) is 0.638. The predicted molar refractivity (Wildman–Crippen MR) is 106 cm³/mol. The number of carbonyl (C=O) groups excluding carboxylic acids is 2. The minimum atomic E-state index is 0.176. The first-order valence-electron chi connectivity index (χ1n) is 10.9. The average Bonchev–Trinajstić information content (AvgIpc) is 2.54. The Hall–Kier alpha value is -0.860. The molecular weight excluding hydrogens is 310 g/mol. The summed E-state index contributed by atoms with van der Waals surface area (Å²) >= 11 is 0. The number of unbranched alkanes of at least 4 members (excludes halogenated alkanes) is 12. The summed E-state index contributed by atoms with van der Waals surface area (Å²) in [4.78, 5) is 23.0. The Labute approximate surface area is 155 Å². The van der Waals surface area contributed by atoms with Crippen LogP contribution in [-0.2, 0) is 9.59 Å². The van der Waals surface area contributed by atoms with Crippen LogP contribution < -0.4 is 5.32 Å². The Bertz CT molecular complexity index is 361. The highest BCUT2D eigenvalue weighted by Crippen LogP contribution is 2.28. The van der Waals surface area contributed by atoms with Crippen LogP contribution in [0.3, 0.4) is 0 Å². The van der Waals surface area contributed by atoms with Crippen molar-refractivity contribution in [3.8, 4) is 0 Å². The van der Waals surface area contributed by atoms with Gasteiger partial charge in [-0.05, 0) is 26.2 Å². The molecule has 1 aliphatic carbocycles. The fourth-order valence-electron chi connectivity index (χ4n) is 3.67. The van der Waals surface area contributed by atoms with E-state index in [1.54, 1.807) is 6.92 Å². The topological polar surface area (TPSA) is 46.2 Å². The molecule has 0 aromatic rings. The highest BCUT2D eigenvalue weighted by molar-refractivity contribution is 5.80. The van der Waals surface area contributed by atoms with Crippen LogP contribution in [0.2, 0.25) is 0 Å². The Morgan fingerprint density at radius 2 is 1.20 bits per heavy atom. The summed E-state index contributed by atoms with van der Waals surface area (Å²) in [6.45, 7) is 3.92. The van der Waals surface area contributed by atoms with Crippen molar-refractivity contribution >= 4 is 11.7 Å². The van der Waals surface area contributed by atoms with Crippen LogP contribution in [0.1, 0.15) is 117 Å². The lowest BCUT2D eigenvalue weighted by molar-refractivity contribution is -0.127. The van der Waals surface area contributed by atoms with E-state index in [-0.39, 0.29) is 23.7 Å². The van der Waals surface area contributed by atoms with E-state index in [4.69, 9.17) is 0 Å². The third-order valence-electron chi connectivity index (χ3n) is 5.59. The van der Waals surface area contributed by atoms with E-state index in [1.165, 1.54) is 77.0 Å². The minimum Gasteiger partial charge on any atom is -0.353 e. The van der Waals surface area contributed by atoms with Gasteiger partial charge in [0.25, 0.3) is 0 Å². The van der Waals surface area contributed by atoms with Gasteiger partial charge in [-0.25, -0.2) is 0 Å². The van der Waals surface area contributed by atoms with E-state index in [0.29, 0.717) is 6.42 Å². The van der Waals surface area contributed by atoms with Gasteiger partial charge in [0.05, 0.1) is 0 Å². The number of ketones is 1. The van der Waals surface area contributed by atoms with Crippen molar-refractivity contribution in [1.82, 2.24) is 5.32 Å². The second kappa shape index (κ2) is 14.3. The van der Waals surface area contributed by atoms with Crippen molar-refractivity contribution in [3.63, 3.8) is 0 Å². The van der Waals surface area contributed by atoms with Gasteiger partial charge in [-0.3, -0.25) is 9.59 Å². The van der Waals surface area contributed by atoms with Gasteiger partial charge in [0.2, 0.25) is 5.91 Å². The molecule has 3 nitrogen and oxygen atoms in total. The van der Waals surface area contributed by atoms with Crippen molar-refractivity contribution in [2.45, 2.75) is 123 Å². The molecule has 1 rings (SSSR count).